The van der Waals surface area contributed by atoms with E-state index in [1.54, 1.807) is 0 Å². The molecule has 0 aromatic rings. The number of nitrogens with zero attached hydrogens (tertiary/aromatic N) is 1. The van der Waals surface area contributed by atoms with Gasteiger partial charge in [-0.15, -0.1) is 0 Å². The number of aliphatic carboxylic acids is 1. The largest absolute Gasteiger partial charge is 0.480 e. The second-order valence-electron chi connectivity index (χ2n) is 11.3. The predicted molar refractivity (Wildman–Crippen MR) is 210 cm³/mol. The molecule has 0 aromatic heterocycles. The second kappa shape index (κ2) is 27.4. The highest BCUT2D eigenvalue weighted by Crippen LogP contribution is 2.04. The Morgan fingerprint density at radius 2 is 1.13 bits per heavy atom. The van der Waals surface area contributed by atoms with Crippen LogP contribution < -0.4 is 60.2 Å². The number of guanidine groups is 1. The standard InChI is InChI=1S/C28H50N12O10S4/c1-54-6-4-13(29)22(44)37-14(3-2-5-33-28(31)32)24(46)39-16(10-51)23(45)35-8-20(42)34-9-21(43)36-17(11-52)25(47)40-18(12-53)26(48)38-15(27(49)50)7-19(30)41/h13-18,51-53H,2-12,29H2,1H3,(H2,30,41)(H,34,42)(H,35,45)(H,36,43)(H,37,44)(H,38,48)(H,39,46)(H,40,47)(H,49,50)(H4,31,32,33)/t13-,14-,15-,16-,17-,18-/m0/s1. The van der Waals surface area contributed by atoms with Crippen molar-refractivity contribution in [2.45, 2.75) is 61.9 Å². The van der Waals surface area contributed by atoms with Crippen molar-refractivity contribution in [2.75, 3.05) is 48.9 Å². The highest BCUT2D eigenvalue weighted by atomic mass is 32.2. The number of carboxylic acids is 1. The first-order chi connectivity index (χ1) is 25.4. The van der Waals surface area contributed by atoms with Gasteiger partial charge < -0.3 is 65.3 Å². The van der Waals surface area contributed by atoms with Crippen molar-refractivity contribution >= 4 is 109 Å². The summed E-state index contributed by atoms with van der Waals surface area (Å²) in [5.41, 5.74) is 21.6. The van der Waals surface area contributed by atoms with Gasteiger partial charge in [0.15, 0.2) is 5.96 Å². The molecule has 0 saturated carbocycles. The minimum Gasteiger partial charge on any atom is -0.480 e. The van der Waals surface area contributed by atoms with Gasteiger partial charge in [0.2, 0.25) is 47.3 Å². The lowest BCUT2D eigenvalue weighted by atomic mass is 10.1. The lowest BCUT2D eigenvalue weighted by molar-refractivity contribution is -0.143. The number of aliphatic imine (C=N–C) groups is 1. The molecule has 0 radical (unpaired) electrons. The van der Waals surface area contributed by atoms with Gasteiger partial charge in [0.1, 0.15) is 30.2 Å². The maximum atomic E-state index is 13.1. The molecule has 16 N–H and O–H groups in total. The summed E-state index contributed by atoms with van der Waals surface area (Å²) in [5.74, 6) is -8.48. The Morgan fingerprint density at radius 3 is 1.63 bits per heavy atom. The molecule has 0 spiro atoms. The maximum absolute atomic E-state index is 13.1. The zero-order valence-corrected chi connectivity index (χ0v) is 32.9. The number of thioether (sulfide) groups is 1. The fourth-order valence-electron chi connectivity index (χ4n) is 4.00. The van der Waals surface area contributed by atoms with Crippen LogP contribution in [0.15, 0.2) is 4.99 Å². The van der Waals surface area contributed by atoms with Gasteiger partial charge in [-0.2, -0.15) is 49.6 Å². The molecule has 0 unspecified atom stereocenters. The normalized spacial score (nSPS) is 13.9. The Balaban J connectivity index is 5.15. The molecule has 54 heavy (non-hydrogen) atoms. The summed E-state index contributed by atoms with van der Waals surface area (Å²) in [5, 5.41) is 25.4. The molecule has 8 amide bonds. The average Bonchev–Trinajstić information content (AvgIpc) is 3.11. The van der Waals surface area contributed by atoms with Crippen LogP contribution in [0.3, 0.4) is 0 Å². The van der Waals surface area contributed by atoms with E-state index in [4.69, 9.17) is 22.9 Å². The Hall–Kier alpha value is -4.14. The van der Waals surface area contributed by atoms with Gasteiger partial charge in [-0.3, -0.25) is 43.3 Å². The number of primary amides is 1. The van der Waals surface area contributed by atoms with Crippen molar-refractivity contribution < 1.29 is 48.3 Å². The van der Waals surface area contributed by atoms with Gasteiger partial charge in [0.25, 0.3) is 0 Å². The van der Waals surface area contributed by atoms with Crippen molar-refractivity contribution in [3.8, 4) is 0 Å². The number of hydrogen-bond acceptors (Lipinski definition) is 15. The summed E-state index contributed by atoms with van der Waals surface area (Å²) in [6.45, 7) is -1.11. The SMILES string of the molecule is CSCC[C@H](N)C(=O)N[C@@H](CCCN=C(N)N)C(=O)N[C@@H](CS)C(=O)NCC(=O)NCC(=O)N[C@@H](CS)C(=O)N[C@@H](CS)C(=O)N[C@@H](CC(N)=O)C(=O)O. The summed E-state index contributed by atoms with van der Waals surface area (Å²) >= 11 is 13.6. The van der Waals surface area contributed by atoms with Gasteiger partial charge in [-0.05, 0) is 31.3 Å². The molecule has 26 heteroatoms. The third-order valence-electron chi connectivity index (χ3n) is 6.90. The Labute approximate surface area is 332 Å². The molecule has 0 saturated heterocycles. The van der Waals surface area contributed by atoms with E-state index in [0.29, 0.717) is 18.6 Å². The third kappa shape index (κ3) is 20.9. The molecule has 6 atom stereocenters. The van der Waals surface area contributed by atoms with Crippen LogP contribution in [0.4, 0.5) is 0 Å². The number of amides is 8. The summed E-state index contributed by atoms with van der Waals surface area (Å²) < 4.78 is 0. The fourth-order valence-corrected chi connectivity index (χ4v) is 5.27. The van der Waals surface area contributed by atoms with Gasteiger partial charge in [0.05, 0.1) is 25.6 Å². The average molecular weight is 843 g/mol. The van der Waals surface area contributed by atoms with E-state index >= 15 is 0 Å². The number of carbonyl (C=O) groups is 9. The molecule has 0 aliphatic rings. The molecule has 306 valence electrons. The zero-order valence-electron chi connectivity index (χ0n) is 29.4. The summed E-state index contributed by atoms with van der Waals surface area (Å²) in [7, 11) is 0. The molecular formula is C28H50N12O10S4. The third-order valence-corrected chi connectivity index (χ3v) is 8.64. The van der Waals surface area contributed by atoms with Gasteiger partial charge in [-0.25, -0.2) is 4.79 Å². The van der Waals surface area contributed by atoms with E-state index in [-0.39, 0.29) is 36.2 Å². The number of nitrogens with two attached hydrogens (primary N) is 4. The van der Waals surface area contributed by atoms with Gasteiger partial charge in [0, 0.05) is 23.8 Å². The lowest BCUT2D eigenvalue weighted by Gasteiger charge is -2.23. The van der Waals surface area contributed by atoms with Crippen LogP contribution >= 0.6 is 49.6 Å². The molecule has 0 aliphatic heterocycles. The minimum absolute atomic E-state index is 0.0987. The van der Waals surface area contributed by atoms with E-state index in [1.165, 1.54) is 11.8 Å². The van der Waals surface area contributed by atoms with Crippen LogP contribution in [0.5, 0.6) is 0 Å². The van der Waals surface area contributed by atoms with Crippen molar-refractivity contribution in [3.05, 3.63) is 0 Å². The number of hydrogen-bond donors (Lipinski definition) is 15. The molecule has 0 rings (SSSR count). The van der Waals surface area contributed by atoms with E-state index in [1.807, 2.05) is 6.26 Å². The van der Waals surface area contributed by atoms with E-state index in [9.17, 15) is 48.3 Å². The number of thiol groups is 3. The number of nitrogens with one attached hydrogen (secondary N) is 7. The van der Waals surface area contributed by atoms with Crippen LogP contribution in [0.1, 0.15) is 25.7 Å². The molecule has 0 aromatic carbocycles. The van der Waals surface area contributed by atoms with Gasteiger partial charge in [-0.1, -0.05) is 0 Å². The summed E-state index contributed by atoms with van der Waals surface area (Å²) in [6.07, 6.45) is 1.91. The topological polar surface area (TPSA) is 375 Å². The molecule has 0 fully saturated rings. The minimum atomic E-state index is -1.66. The fraction of sp³-hybridized carbons (Fsp3) is 0.643. The zero-order chi connectivity index (χ0) is 41.4. The maximum Gasteiger partial charge on any atom is 0.326 e. The highest BCUT2D eigenvalue weighted by Gasteiger charge is 2.30. The van der Waals surface area contributed by atoms with Crippen LogP contribution in [0.25, 0.3) is 0 Å². The first-order valence-corrected chi connectivity index (χ1v) is 19.4. The smallest absolute Gasteiger partial charge is 0.326 e. The van der Waals surface area contributed by atoms with E-state index in [0.717, 1.165) is 0 Å². The van der Waals surface area contributed by atoms with Crippen molar-refractivity contribution in [1.82, 2.24) is 37.2 Å². The van der Waals surface area contributed by atoms with Crippen molar-refractivity contribution in [1.29, 1.82) is 0 Å². The molecule has 0 aliphatic carbocycles. The quantitative estimate of drug-likeness (QED) is 0.0158. The lowest BCUT2D eigenvalue weighted by Crippen LogP contribution is -2.58. The van der Waals surface area contributed by atoms with Crippen LogP contribution in [0, 0.1) is 0 Å². The van der Waals surface area contributed by atoms with E-state index < -0.39 is 109 Å². The highest BCUT2D eigenvalue weighted by molar-refractivity contribution is 7.98. The van der Waals surface area contributed by atoms with Crippen LogP contribution in [-0.2, 0) is 43.2 Å². The Bertz CT molecular complexity index is 1360. The molecular weight excluding hydrogens is 793 g/mol. The number of carbonyl (C=O) groups excluding carboxylic acids is 8. The van der Waals surface area contributed by atoms with E-state index in [2.05, 4.69) is 80.1 Å². The van der Waals surface area contributed by atoms with Crippen LogP contribution in [-0.4, -0.2) is 149 Å². The van der Waals surface area contributed by atoms with Crippen molar-refractivity contribution in [3.63, 3.8) is 0 Å². The van der Waals surface area contributed by atoms with Gasteiger partial charge >= 0.3 is 5.97 Å². The van der Waals surface area contributed by atoms with Crippen molar-refractivity contribution in [2.24, 2.45) is 27.9 Å². The van der Waals surface area contributed by atoms with Crippen LogP contribution in [0.2, 0.25) is 0 Å². The number of carboxylic acid groups (broad SMARTS) is 1. The summed E-state index contributed by atoms with van der Waals surface area (Å²) in [4.78, 5) is 115. The molecule has 22 nitrogen and oxygen atoms in total. The predicted octanol–water partition coefficient (Wildman–Crippen LogP) is -6.47. The Kier molecular flexibility index (Phi) is 25.3. The second-order valence-corrected chi connectivity index (χ2v) is 13.3. The molecule has 0 bridgehead atoms. The Morgan fingerprint density at radius 1 is 0.648 bits per heavy atom. The monoisotopic (exact) mass is 842 g/mol. The first kappa shape index (κ1) is 49.9. The summed E-state index contributed by atoms with van der Waals surface area (Å²) in [6, 6.07) is -7.58. The molecule has 0 heterocycles. The number of rotatable bonds is 27. The first-order valence-electron chi connectivity index (χ1n) is 16.1.